The Balaban J connectivity index is 2.54. The summed E-state index contributed by atoms with van der Waals surface area (Å²) in [7, 11) is 1.59. The van der Waals surface area contributed by atoms with Crippen LogP contribution in [0.4, 0.5) is 0 Å². The molecule has 0 saturated heterocycles. The molecule has 0 aliphatic carbocycles. The van der Waals surface area contributed by atoms with Crippen LogP contribution in [0.1, 0.15) is 20.8 Å². The number of nitrogens with one attached hydrogen (secondary N) is 1. The minimum Gasteiger partial charge on any atom is -0.497 e. The van der Waals surface area contributed by atoms with Crippen LogP contribution >= 0.6 is 11.8 Å². The van der Waals surface area contributed by atoms with Crippen LogP contribution in [0.3, 0.4) is 0 Å². The van der Waals surface area contributed by atoms with Crippen LogP contribution in [0.5, 0.6) is 5.75 Å². The van der Waals surface area contributed by atoms with Crippen LogP contribution in [0, 0.1) is 5.41 Å². The average Bonchev–Trinajstić information content (AvgIpc) is 2.41. The molecule has 1 unspecified atom stereocenters. The van der Waals surface area contributed by atoms with Gasteiger partial charge in [0.1, 0.15) is 11.8 Å². The van der Waals surface area contributed by atoms with E-state index in [2.05, 4.69) is 5.32 Å². The fraction of sp³-hybridized carbons (Fsp3) is 0.467. The summed E-state index contributed by atoms with van der Waals surface area (Å²) in [6.07, 6.45) is 0. The molecule has 0 heterocycles. The van der Waals surface area contributed by atoms with Gasteiger partial charge in [0.25, 0.3) is 0 Å². The zero-order chi connectivity index (χ0) is 16.0. The Morgan fingerprint density at radius 2 is 1.86 bits per heavy atom. The van der Waals surface area contributed by atoms with Crippen molar-refractivity contribution in [2.75, 3.05) is 12.9 Å². The van der Waals surface area contributed by atoms with Crippen molar-refractivity contribution in [1.29, 1.82) is 0 Å². The number of hydrogen-bond acceptors (Lipinski definition) is 4. The van der Waals surface area contributed by atoms with Gasteiger partial charge < -0.3 is 15.2 Å². The second kappa shape index (κ2) is 7.36. The van der Waals surface area contributed by atoms with E-state index in [9.17, 15) is 9.59 Å². The summed E-state index contributed by atoms with van der Waals surface area (Å²) in [5.74, 6) is -0.391. The normalized spacial score (nSPS) is 12.6. The number of aliphatic carboxylic acids is 1. The Bertz CT molecular complexity index is 493. The van der Waals surface area contributed by atoms with Crippen molar-refractivity contribution in [1.82, 2.24) is 5.32 Å². The largest absolute Gasteiger partial charge is 0.497 e. The summed E-state index contributed by atoms with van der Waals surface area (Å²) in [5.41, 5.74) is -0.535. The molecule has 116 valence electrons. The Morgan fingerprint density at radius 3 is 2.29 bits per heavy atom. The van der Waals surface area contributed by atoms with Gasteiger partial charge in [0.2, 0.25) is 5.91 Å². The minimum atomic E-state index is -1.02. The third kappa shape index (κ3) is 5.67. The summed E-state index contributed by atoms with van der Waals surface area (Å²) in [6, 6.07) is 6.44. The molecule has 1 amide bonds. The number of carbonyl (C=O) groups excluding carboxylic acids is 1. The average molecular weight is 311 g/mol. The molecule has 2 N–H and O–H groups in total. The van der Waals surface area contributed by atoms with Gasteiger partial charge in [-0.3, -0.25) is 4.79 Å². The molecule has 0 bridgehead atoms. The van der Waals surface area contributed by atoms with Gasteiger partial charge >= 0.3 is 5.97 Å². The first kappa shape index (κ1) is 17.4. The van der Waals surface area contributed by atoms with Gasteiger partial charge in [0.15, 0.2) is 0 Å². The van der Waals surface area contributed by atoms with Crippen LogP contribution in [-0.2, 0) is 9.59 Å². The number of carbonyl (C=O) groups is 2. The molecule has 6 heteroatoms. The molecule has 5 nitrogen and oxygen atoms in total. The van der Waals surface area contributed by atoms with Gasteiger partial charge in [0.05, 0.1) is 12.9 Å². The summed E-state index contributed by atoms with van der Waals surface area (Å²) < 4.78 is 5.06. The molecular weight excluding hydrogens is 290 g/mol. The number of amides is 1. The lowest BCUT2D eigenvalue weighted by Gasteiger charge is -2.27. The smallest absolute Gasteiger partial charge is 0.326 e. The molecule has 0 aliphatic heterocycles. The third-order valence-electron chi connectivity index (χ3n) is 2.85. The molecule has 1 aromatic carbocycles. The Kier molecular flexibility index (Phi) is 6.08. The van der Waals surface area contributed by atoms with Crippen LogP contribution < -0.4 is 10.1 Å². The second-order valence-corrected chi connectivity index (χ2v) is 6.72. The summed E-state index contributed by atoms with van der Waals surface area (Å²) in [6.45, 7) is 5.34. The predicted molar refractivity (Wildman–Crippen MR) is 82.7 cm³/mol. The molecule has 0 fully saturated rings. The maximum Gasteiger partial charge on any atom is 0.326 e. The standard InChI is InChI=1S/C15H21NO4S/c1-15(2,3)13(14(18)19)16-12(17)9-21-11-7-5-10(20-4)6-8-11/h5-8,13H,9H2,1-4H3,(H,16,17)(H,18,19). The van der Waals surface area contributed by atoms with Crippen LogP contribution in [0.25, 0.3) is 0 Å². The summed E-state index contributed by atoms with van der Waals surface area (Å²) >= 11 is 1.35. The van der Waals surface area contributed by atoms with Crippen LogP contribution in [0.15, 0.2) is 29.2 Å². The van der Waals surface area contributed by atoms with Gasteiger partial charge in [-0.25, -0.2) is 4.79 Å². The highest BCUT2D eigenvalue weighted by Gasteiger charge is 2.32. The van der Waals surface area contributed by atoms with Gasteiger partial charge in [-0.05, 0) is 29.7 Å². The number of carboxylic acids is 1. The van der Waals surface area contributed by atoms with Gasteiger partial charge in [0, 0.05) is 4.90 Å². The van der Waals surface area contributed by atoms with E-state index >= 15 is 0 Å². The Labute approximate surface area is 129 Å². The summed E-state index contributed by atoms with van der Waals surface area (Å²) in [4.78, 5) is 24.0. The zero-order valence-corrected chi connectivity index (χ0v) is 13.5. The lowest BCUT2D eigenvalue weighted by molar-refractivity contribution is -0.144. The molecule has 0 spiro atoms. The van der Waals surface area contributed by atoms with Crippen molar-refractivity contribution >= 4 is 23.6 Å². The van der Waals surface area contributed by atoms with E-state index in [1.54, 1.807) is 27.9 Å². The van der Waals surface area contributed by atoms with Crippen molar-refractivity contribution in [3.8, 4) is 5.75 Å². The second-order valence-electron chi connectivity index (χ2n) is 5.67. The number of hydrogen-bond donors (Lipinski definition) is 2. The van der Waals surface area contributed by atoms with Crippen molar-refractivity contribution < 1.29 is 19.4 Å². The lowest BCUT2D eigenvalue weighted by Crippen LogP contribution is -2.49. The molecule has 0 radical (unpaired) electrons. The van der Waals surface area contributed by atoms with E-state index in [0.29, 0.717) is 0 Å². The molecule has 1 rings (SSSR count). The topological polar surface area (TPSA) is 75.6 Å². The van der Waals surface area contributed by atoms with E-state index in [-0.39, 0.29) is 11.7 Å². The van der Waals surface area contributed by atoms with Crippen molar-refractivity contribution in [3.05, 3.63) is 24.3 Å². The molecule has 0 aromatic heterocycles. The fourth-order valence-electron chi connectivity index (χ4n) is 1.67. The number of carboxylic acid groups (broad SMARTS) is 1. The van der Waals surface area contributed by atoms with Gasteiger partial charge in [-0.2, -0.15) is 0 Å². The highest BCUT2D eigenvalue weighted by Crippen LogP contribution is 2.22. The first-order valence-corrected chi connectivity index (χ1v) is 7.51. The minimum absolute atomic E-state index is 0.173. The van der Waals surface area contributed by atoms with E-state index in [0.717, 1.165) is 10.6 Å². The third-order valence-corrected chi connectivity index (χ3v) is 3.86. The molecular formula is C15H21NO4S. The number of benzene rings is 1. The molecule has 1 atom stereocenters. The molecule has 21 heavy (non-hydrogen) atoms. The van der Waals surface area contributed by atoms with Crippen LogP contribution in [-0.4, -0.2) is 35.9 Å². The monoisotopic (exact) mass is 311 g/mol. The SMILES string of the molecule is COc1ccc(SCC(=O)NC(C(=O)O)C(C)(C)C)cc1. The van der Waals surface area contributed by atoms with Crippen LogP contribution in [0.2, 0.25) is 0 Å². The van der Waals surface area contributed by atoms with Crippen molar-refractivity contribution in [3.63, 3.8) is 0 Å². The first-order valence-electron chi connectivity index (χ1n) is 6.53. The fourth-order valence-corrected chi connectivity index (χ4v) is 2.38. The highest BCUT2D eigenvalue weighted by molar-refractivity contribution is 8.00. The Hall–Kier alpha value is -1.69. The zero-order valence-electron chi connectivity index (χ0n) is 12.7. The number of rotatable bonds is 6. The summed E-state index contributed by atoms with van der Waals surface area (Å²) in [5, 5.41) is 11.7. The number of ether oxygens (including phenoxy) is 1. The molecule has 1 aromatic rings. The maximum absolute atomic E-state index is 11.9. The van der Waals surface area contributed by atoms with E-state index in [1.165, 1.54) is 11.8 Å². The number of thioether (sulfide) groups is 1. The van der Waals surface area contributed by atoms with Gasteiger partial charge in [-0.15, -0.1) is 11.8 Å². The van der Waals surface area contributed by atoms with E-state index in [1.807, 2.05) is 24.3 Å². The van der Waals surface area contributed by atoms with E-state index < -0.39 is 17.4 Å². The maximum atomic E-state index is 11.9. The quantitative estimate of drug-likeness (QED) is 0.789. The first-order chi connectivity index (χ1) is 9.74. The highest BCUT2D eigenvalue weighted by atomic mass is 32.2. The predicted octanol–water partition coefficient (Wildman–Crippen LogP) is 2.40. The lowest BCUT2D eigenvalue weighted by atomic mass is 9.87. The van der Waals surface area contributed by atoms with Gasteiger partial charge in [-0.1, -0.05) is 20.8 Å². The Morgan fingerprint density at radius 1 is 1.29 bits per heavy atom. The number of methoxy groups -OCH3 is 1. The van der Waals surface area contributed by atoms with E-state index in [4.69, 9.17) is 9.84 Å². The molecule has 0 aliphatic rings. The molecule has 0 saturated carbocycles. The van der Waals surface area contributed by atoms with Crippen molar-refractivity contribution in [2.45, 2.75) is 31.7 Å². The van der Waals surface area contributed by atoms with Crippen molar-refractivity contribution in [2.24, 2.45) is 5.41 Å².